The molecule has 0 aromatic heterocycles. The SMILES string of the molecule is CC(N)C(=O)N[C@@H]1[C@@H]2C(=C(O)C[C@@H](O)[C@@H]2O)C(=O)O[C@]1(C)CCl. The van der Waals surface area contributed by atoms with E-state index >= 15 is 0 Å². The Balaban J connectivity index is 2.50. The van der Waals surface area contributed by atoms with E-state index in [4.69, 9.17) is 22.1 Å². The van der Waals surface area contributed by atoms with Gasteiger partial charge in [-0.25, -0.2) is 4.79 Å². The lowest BCUT2D eigenvalue weighted by Gasteiger charge is -2.49. The fraction of sp³-hybridized carbons (Fsp3) is 0.714. The summed E-state index contributed by atoms with van der Waals surface area (Å²) in [4.78, 5) is 24.2. The van der Waals surface area contributed by atoms with E-state index < -0.39 is 47.7 Å². The summed E-state index contributed by atoms with van der Waals surface area (Å²) in [5.41, 5.74) is 4.07. The van der Waals surface area contributed by atoms with Crippen LogP contribution in [0, 0.1) is 5.92 Å². The zero-order chi connectivity index (χ0) is 17.5. The van der Waals surface area contributed by atoms with Crippen molar-refractivity contribution in [2.75, 3.05) is 5.88 Å². The Hall–Kier alpha value is -1.35. The lowest BCUT2D eigenvalue weighted by molar-refractivity contribution is -0.172. The first kappa shape index (κ1) is 18.0. The van der Waals surface area contributed by atoms with E-state index in [-0.39, 0.29) is 23.6 Å². The Morgan fingerprint density at radius 1 is 1.57 bits per heavy atom. The minimum Gasteiger partial charge on any atom is -0.512 e. The number of ether oxygens (including phenoxy) is 1. The van der Waals surface area contributed by atoms with E-state index in [0.717, 1.165) is 0 Å². The number of alkyl halides is 1. The molecular formula is C14H21ClN2O6. The summed E-state index contributed by atoms with van der Waals surface area (Å²) in [5, 5.41) is 32.9. The number of fused-ring (bicyclic) bond motifs is 1. The van der Waals surface area contributed by atoms with Gasteiger partial charge >= 0.3 is 5.97 Å². The number of esters is 1. The Morgan fingerprint density at radius 2 is 2.17 bits per heavy atom. The number of hydrogen-bond donors (Lipinski definition) is 5. The number of aliphatic hydroxyl groups excluding tert-OH is 3. The van der Waals surface area contributed by atoms with Crippen molar-refractivity contribution >= 4 is 23.5 Å². The average molecular weight is 349 g/mol. The molecule has 0 spiro atoms. The molecule has 1 aliphatic carbocycles. The van der Waals surface area contributed by atoms with Gasteiger partial charge in [-0.1, -0.05) is 0 Å². The quantitative estimate of drug-likeness (QED) is 0.323. The van der Waals surface area contributed by atoms with Crippen LogP contribution < -0.4 is 11.1 Å². The van der Waals surface area contributed by atoms with Crippen LogP contribution in [0.25, 0.3) is 0 Å². The third kappa shape index (κ3) is 3.03. The van der Waals surface area contributed by atoms with E-state index in [1.54, 1.807) is 0 Å². The van der Waals surface area contributed by atoms with Crippen molar-refractivity contribution in [3.63, 3.8) is 0 Å². The molecule has 0 aromatic rings. The molecule has 130 valence electrons. The van der Waals surface area contributed by atoms with Crippen LogP contribution in [0.2, 0.25) is 0 Å². The van der Waals surface area contributed by atoms with Gasteiger partial charge in [0.1, 0.15) is 11.4 Å². The topological polar surface area (TPSA) is 142 Å². The Bertz CT molecular complexity index is 551. The maximum absolute atomic E-state index is 12.2. The molecule has 0 bridgehead atoms. The number of hydrogen-bond acceptors (Lipinski definition) is 7. The molecule has 2 aliphatic rings. The molecule has 1 saturated heterocycles. The van der Waals surface area contributed by atoms with Gasteiger partial charge in [0.2, 0.25) is 5.91 Å². The van der Waals surface area contributed by atoms with Crippen molar-refractivity contribution < 1.29 is 29.6 Å². The zero-order valence-corrected chi connectivity index (χ0v) is 13.6. The van der Waals surface area contributed by atoms with Crippen LogP contribution in [0.1, 0.15) is 20.3 Å². The molecule has 6 atom stereocenters. The van der Waals surface area contributed by atoms with E-state index in [9.17, 15) is 24.9 Å². The van der Waals surface area contributed by atoms with Gasteiger partial charge in [0.25, 0.3) is 0 Å². The minimum atomic E-state index is -1.37. The molecule has 1 heterocycles. The largest absolute Gasteiger partial charge is 0.512 e. The first-order valence-corrected chi connectivity index (χ1v) is 7.79. The van der Waals surface area contributed by atoms with Gasteiger partial charge in [-0.05, 0) is 13.8 Å². The molecule has 1 unspecified atom stereocenters. The maximum atomic E-state index is 12.2. The van der Waals surface area contributed by atoms with Crippen LogP contribution >= 0.6 is 11.6 Å². The minimum absolute atomic E-state index is 0.152. The molecule has 1 amide bonds. The number of cyclic esters (lactones) is 1. The Labute approximate surface area is 138 Å². The molecule has 1 aliphatic heterocycles. The van der Waals surface area contributed by atoms with E-state index in [2.05, 4.69) is 5.32 Å². The molecule has 2 rings (SSSR count). The van der Waals surface area contributed by atoms with Crippen molar-refractivity contribution in [3.05, 3.63) is 11.3 Å². The standard InChI is InChI=1S/C14H21ClN2O6/c1-5(16)12(21)17-11-9-8(6(18)3-7(19)10(9)20)13(22)23-14(11,2)4-15/h5,7,9-11,18-20H,3-4,16H2,1-2H3,(H,17,21)/t5?,7-,9-,10+,11-,14-/m1/s1. The summed E-state index contributed by atoms with van der Waals surface area (Å²) in [6, 6.07) is -1.78. The smallest absolute Gasteiger partial charge is 0.338 e. The van der Waals surface area contributed by atoms with Crippen LogP contribution in [0.15, 0.2) is 11.3 Å². The highest BCUT2D eigenvalue weighted by Gasteiger charge is 2.56. The number of carbonyl (C=O) groups is 2. The van der Waals surface area contributed by atoms with Crippen molar-refractivity contribution in [1.82, 2.24) is 5.32 Å². The number of nitrogens with two attached hydrogens (primary N) is 1. The van der Waals surface area contributed by atoms with Gasteiger partial charge in [0.05, 0.1) is 35.7 Å². The second-order valence-electron chi connectivity index (χ2n) is 6.26. The fourth-order valence-electron chi connectivity index (χ4n) is 3.00. The van der Waals surface area contributed by atoms with Gasteiger partial charge in [-0.2, -0.15) is 0 Å². The fourth-order valence-corrected chi connectivity index (χ4v) is 3.22. The number of rotatable bonds is 3. The van der Waals surface area contributed by atoms with Crippen LogP contribution in [-0.2, 0) is 14.3 Å². The van der Waals surface area contributed by atoms with Crippen LogP contribution in [0.5, 0.6) is 0 Å². The van der Waals surface area contributed by atoms with Crippen molar-refractivity contribution in [3.8, 4) is 0 Å². The normalized spacial score (nSPS) is 38.6. The highest BCUT2D eigenvalue weighted by Crippen LogP contribution is 2.42. The summed E-state index contributed by atoms with van der Waals surface area (Å²) in [6.45, 7) is 2.98. The highest BCUT2D eigenvalue weighted by molar-refractivity contribution is 6.18. The third-order valence-corrected chi connectivity index (χ3v) is 4.88. The van der Waals surface area contributed by atoms with Gasteiger partial charge in [0.15, 0.2) is 0 Å². The van der Waals surface area contributed by atoms with Crippen molar-refractivity contribution in [2.45, 2.75) is 50.2 Å². The van der Waals surface area contributed by atoms with E-state index in [0.29, 0.717) is 0 Å². The van der Waals surface area contributed by atoms with Crippen molar-refractivity contribution in [2.24, 2.45) is 11.7 Å². The summed E-state index contributed by atoms with van der Waals surface area (Å²) >= 11 is 5.91. The number of carbonyl (C=O) groups excluding carboxylic acids is 2. The molecule has 9 heteroatoms. The molecule has 6 N–H and O–H groups in total. The predicted molar refractivity (Wildman–Crippen MR) is 80.6 cm³/mol. The van der Waals surface area contributed by atoms with Crippen LogP contribution in [-0.4, -0.2) is 63.0 Å². The maximum Gasteiger partial charge on any atom is 0.338 e. The van der Waals surface area contributed by atoms with E-state index in [1.165, 1.54) is 13.8 Å². The van der Waals surface area contributed by atoms with Gasteiger partial charge in [-0.3, -0.25) is 4.79 Å². The van der Waals surface area contributed by atoms with E-state index in [1.807, 2.05) is 0 Å². The Kier molecular flexibility index (Phi) is 4.91. The molecule has 1 fully saturated rings. The monoisotopic (exact) mass is 348 g/mol. The third-order valence-electron chi connectivity index (χ3n) is 4.35. The molecule has 0 aromatic carbocycles. The lowest BCUT2D eigenvalue weighted by Crippen LogP contribution is -2.67. The lowest BCUT2D eigenvalue weighted by atomic mass is 9.71. The Morgan fingerprint density at radius 3 is 2.70 bits per heavy atom. The predicted octanol–water partition coefficient (Wildman–Crippen LogP) is -1.07. The zero-order valence-electron chi connectivity index (χ0n) is 12.8. The molecule has 0 saturated carbocycles. The molecule has 8 nitrogen and oxygen atoms in total. The molecular weight excluding hydrogens is 328 g/mol. The second-order valence-corrected chi connectivity index (χ2v) is 6.53. The highest BCUT2D eigenvalue weighted by atomic mass is 35.5. The first-order chi connectivity index (χ1) is 10.6. The van der Waals surface area contributed by atoms with Gasteiger partial charge in [-0.15, -0.1) is 11.6 Å². The number of amides is 1. The summed E-state index contributed by atoms with van der Waals surface area (Å²) in [5.74, 6) is -2.93. The number of aliphatic hydroxyl groups is 3. The summed E-state index contributed by atoms with van der Waals surface area (Å²) in [7, 11) is 0. The summed E-state index contributed by atoms with van der Waals surface area (Å²) < 4.78 is 5.30. The van der Waals surface area contributed by atoms with Gasteiger partial charge in [0, 0.05) is 12.3 Å². The average Bonchev–Trinajstić information content (AvgIpc) is 2.46. The number of halogens is 1. The van der Waals surface area contributed by atoms with Crippen LogP contribution in [0.4, 0.5) is 0 Å². The van der Waals surface area contributed by atoms with Crippen LogP contribution in [0.3, 0.4) is 0 Å². The second kappa shape index (κ2) is 6.27. The first-order valence-electron chi connectivity index (χ1n) is 7.25. The molecule has 23 heavy (non-hydrogen) atoms. The van der Waals surface area contributed by atoms with Crippen molar-refractivity contribution in [1.29, 1.82) is 0 Å². The van der Waals surface area contributed by atoms with Gasteiger partial charge < -0.3 is 31.1 Å². The molecule has 0 radical (unpaired) electrons. The summed E-state index contributed by atoms with van der Waals surface area (Å²) in [6.07, 6.45) is -2.91. The number of nitrogens with one attached hydrogen (secondary N) is 1.